The summed E-state index contributed by atoms with van der Waals surface area (Å²) in [6.07, 6.45) is 2.92. The zero-order valence-electron chi connectivity index (χ0n) is 7.71. The molecule has 2 rings (SSSR count). The van der Waals surface area contributed by atoms with E-state index in [2.05, 4.69) is 11.5 Å². The van der Waals surface area contributed by atoms with Gasteiger partial charge in [-0.25, -0.2) is 4.79 Å². The summed E-state index contributed by atoms with van der Waals surface area (Å²) in [5, 5.41) is 8.94. The number of aromatic nitrogens is 1. The highest BCUT2D eigenvalue weighted by Crippen LogP contribution is 2.24. The van der Waals surface area contributed by atoms with Gasteiger partial charge in [0.15, 0.2) is 0 Å². The summed E-state index contributed by atoms with van der Waals surface area (Å²) in [5.41, 5.74) is 2.68. The summed E-state index contributed by atoms with van der Waals surface area (Å²) in [6.45, 7) is 3.05. The van der Waals surface area contributed by atoms with Crippen molar-refractivity contribution in [2.24, 2.45) is 0 Å². The van der Waals surface area contributed by atoms with Crippen molar-refractivity contribution in [1.29, 1.82) is 0 Å². The predicted octanol–water partition coefficient (Wildman–Crippen LogP) is 1.69. The van der Waals surface area contributed by atoms with E-state index in [0.717, 1.165) is 37.2 Å². The third-order valence-corrected chi connectivity index (χ3v) is 2.68. The number of fused-ring (bicyclic) bond motifs is 1. The molecule has 1 aromatic heterocycles. The van der Waals surface area contributed by atoms with Gasteiger partial charge in [-0.2, -0.15) is 0 Å². The van der Waals surface area contributed by atoms with Gasteiger partial charge in [0.05, 0.1) is 5.56 Å². The number of hydrogen-bond acceptors (Lipinski definition) is 1. The van der Waals surface area contributed by atoms with Crippen LogP contribution in [0.1, 0.15) is 35.1 Å². The predicted molar refractivity (Wildman–Crippen MR) is 49.1 cm³/mol. The Kier molecular flexibility index (Phi) is 1.87. The number of nitrogens with zero attached hydrogens (tertiary/aromatic N) is 1. The molecular formula is C10H13NO2. The maximum absolute atomic E-state index is 10.9. The highest BCUT2D eigenvalue weighted by atomic mass is 16.4. The molecular weight excluding hydrogens is 166 g/mol. The van der Waals surface area contributed by atoms with Crippen molar-refractivity contribution in [1.82, 2.24) is 4.57 Å². The van der Waals surface area contributed by atoms with Gasteiger partial charge < -0.3 is 9.67 Å². The number of rotatable bonds is 2. The molecule has 3 nitrogen and oxygen atoms in total. The van der Waals surface area contributed by atoms with Gasteiger partial charge in [-0.1, -0.05) is 6.92 Å². The van der Waals surface area contributed by atoms with Crippen molar-refractivity contribution >= 4 is 5.97 Å². The van der Waals surface area contributed by atoms with Crippen LogP contribution < -0.4 is 0 Å². The van der Waals surface area contributed by atoms with Crippen LogP contribution in [-0.2, 0) is 19.4 Å². The summed E-state index contributed by atoms with van der Waals surface area (Å²) in [4.78, 5) is 10.9. The lowest BCUT2D eigenvalue weighted by atomic mass is 10.2. The van der Waals surface area contributed by atoms with Crippen LogP contribution in [0, 0.1) is 0 Å². The SMILES string of the molecule is CCc1cc(C(=O)O)c2n1CCC2. The number of carboxylic acid groups (broad SMARTS) is 1. The Labute approximate surface area is 77.0 Å². The topological polar surface area (TPSA) is 42.2 Å². The summed E-state index contributed by atoms with van der Waals surface area (Å²) in [7, 11) is 0. The fraction of sp³-hybridized carbons (Fsp3) is 0.500. The first-order valence-corrected chi connectivity index (χ1v) is 4.68. The van der Waals surface area contributed by atoms with Crippen molar-refractivity contribution in [3.63, 3.8) is 0 Å². The highest BCUT2D eigenvalue weighted by molar-refractivity contribution is 5.89. The van der Waals surface area contributed by atoms with Gasteiger partial charge in [-0.3, -0.25) is 0 Å². The van der Waals surface area contributed by atoms with E-state index < -0.39 is 5.97 Å². The van der Waals surface area contributed by atoms with Crippen LogP contribution >= 0.6 is 0 Å². The molecule has 0 saturated carbocycles. The van der Waals surface area contributed by atoms with E-state index in [-0.39, 0.29) is 0 Å². The van der Waals surface area contributed by atoms with Crippen LogP contribution in [0.4, 0.5) is 0 Å². The average molecular weight is 179 g/mol. The summed E-state index contributed by atoms with van der Waals surface area (Å²) >= 11 is 0. The van der Waals surface area contributed by atoms with E-state index in [1.54, 1.807) is 0 Å². The van der Waals surface area contributed by atoms with Crippen molar-refractivity contribution in [2.45, 2.75) is 32.7 Å². The van der Waals surface area contributed by atoms with Gasteiger partial charge >= 0.3 is 5.97 Å². The lowest BCUT2D eigenvalue weighted by molar-refractivity contribution is 0.0696. The van der Waals surface area contributed by atoms with Crippen LogP contribution in [0.25, 0.3) is 0 Å². The van der Waals surface area contributed by atoms with Crippen LogP contribution in [0.15, 0.2) is 6.07 Å². The molecule has 1 N–H and O–H groups in total. The standard InChI is InChI=1S/C10H13NO2/c1-2-7-6-8(10(12)13)9-4-3-5-11(7)9/h6H,2-5H2,1H3,(H,12,13). The largest absolute Gasteiger partial charge is 0.478 e. The minimum Gasteiger partial charge on any atom is -0.478 e. The molecule has 0 bridgehead atoms. The molecule has 0 aromatic carbocycles. The fourth-order valence-electron chi connectivity index (χ4n) is 2.08. The molecule has 0 unspecified atom stereocenters. The maximum atomic E-state index is 10.9. The van der Waals surface area contributed by atoms with Gasteiger partial charge in [0.1, 0.15) is 0 Å². The molecule has 70 valence electrons. The zero-order valence-corrected chi connectivity index (χ0v) is 7.71. The number of aromatic carboxylic acids is 1. The van der Waals surface area contributed by atoms with E-state index in [9.17, 15) is 4.79 Å². The Morgan fingerprint density at radius 3 is 3.08 bits per heavy atom. The Hall–Kier alpha value is -1.25. The molecule has 3 heteroatoms. The zero-order chi connectivity index (χ0) is 9.42. The number of carboxylic acids is 1. The second kappa shape index (κ2) is 2.91. The van der Waals surface area contributed by atoms with Crippen molar-refractivity contribution < 1.29 is 9.90 Å². The van der Waals surface area contributed by atoms with E-state index in [1.165, 1.54) is 0 Å². The number of hydrogen-bond donors (Lipinski definition) is 1. The summed E-state index contributed by atoms with van der Waals surface area (Å²) in [5.74, 6) is -0.787. The lowest BCUT2D eigenvalue weighted by Crippen LogP contribution is -2.00. The normalized spacial score (nSPS) is 14.5. The lowest BCUT2D eigenvalue weighted by Gasteiger charge is -2.01. The summed E-state index contributed by atoms with van der Waals surface area (Å²) in [6, 6.07) is 1.82. The molecule has 1 aliphatic rings. The second-order valence-electron chi connectivity index (χ2n) is 3.41. The van der Waals surface area contributed by atoms with Gasteiger partial charge in [0, 0.05) is 17.9 Å². The molecule has 0 amide bonds. The van der Waals surface area contributed by atoms with Crippen LogP contribution in [0.2, 0.25) is 0 Å². The minimum absolute atomic E-state index is 0.509. The molecule has 0 aliphatic carbocycles. The second-order valence-corrected chi connectivity index (χ2v) is 3.41. The third kappa shape index (κ3) is 1.15. The maximum Gasteiger partial charge on any atom is 0.337 e. The first-order valence-electron chi connectivity index (χ1n) is 4.68. The van der Waals surface area contributed by atoms with Crippen molar-refractivity contribution in [2.75, 3.05) is 0 Å². The molecule has 0 spiro atoms. The average Bonchev–Trinajstić information content (AvgIpc) is 2.61. The molecule has 13 heavy (non-hydrogen) atoms. The van der Waals surface area contributed by atoms with E-state index >= 15 is 0 Å². The van der Waals surface area contributed by atoms with Crippen molar-refractivity contribution in [3.8, 4) is 0 Å². The third-order valence-electron chi connectivity index (χ3n) is 2.68. The summed E-state index contributed by atoms with van der Waals surface area (Å²) < 4.78 is 2.16. The molecule has 0 saturated heterocycles. The Morgan fingerprint density at radius 1 is 1.69 bits per heavy atom. The molecule has 0 atom stereocenters. The minimum atomic E-state index is -0.787. The highest BCUT2D eigenvalue weighted by Gasteiger charge is 2.22. The molecule has 0 fully saturated rings. The van der Waals surface area contributed by atoms with E-state index in [0.29, 0.717) is 5.56 Å². The van der Waals surface area contributed by atoms with Gasteiger partial charge in [-0.05, 0) is 25.3 Å². The molecule has 0 radical (unpaired) electrons. The van der Waals surface area contributed by atoms with E-state index in [1.807, 2.05) is 6.07 Å². The van der Waals surface area contributed by atoms with Crippen LogP contribution in [0.3, 0.4) is 0 Å². The quantitative estimate of drug-likeness (QED) is 0.750. The number of aryl methyl sites for hydroxylation is 1. The van der Waals surface area contributed by atoms with E-state index in [4.69, 9.17) is 5.11 Å². The first-order chi connectivity index (χ1) is 6.24. The van der Waals surface area contributed by atoms with Crippen LogP contribution in [-0.4, -0.2) is 15.6 Å². The molecule has 1 aromatic rings. The Bertz CT molecular complexity index is 352. The number of carbonyl (C=O) groups is 1. The Morgan fingerprint density at radius 2 is 2.46 bits per heavy atom. The monoisotopic (exact) mass is 179 g/mol. The first kappa shape index (κ1) is 8.35. The van der Waals surface area contributed by atoms with Crippen molar-refractivity contribution in [3.05, 3.63) is 23.0 Å². The van der Waals surface area contributed by atoms with Gasteiger partial charge in [0.2, 0.25) is 0 Å². The van der Waals surface area contributed by atoms with Gasteiger partial charge in [-0.15, -0.1) is 0 Å². The molecule has 1 aliphatic heterocycles. The fourth-order valence-corrected chi connectivity index (χ4v) is 2.08. The smallest absolute Gasteiger partial charge is 0.337 e. The Balaban J connectivity index is 2.54. The van der Waals surface area contributed by atoms with Crippen LogP contribution in [0.5, 0.6) is 0 Å². The molecule has 2 heterocycles. The van der Waals surface area contributed by atoms with Gasteiger partial charge in [0.25, 0.3) is 0 Å².